The molecular formula is C24H33NO3S2. The van der Waals surface area contributed by atoms with Crippen LogP contribution in [0, 0.1) is 0 Å². The van der Waals surface area contributed by atoms with Crippen LogP contribution in [0.3, 0.4) is 0 Å². The van der Waals surface area contributed by atoms with Crippen molar-refractivity contribution in [1.82, 2.24) is 0 Å². The van der Waals surface area contributed by atoms with E-state index in [2.05, 4.69) is 86.7 Å². The van der Waals surface area contributed by atoms with Crippen LogP contribution in [0.25, 0.3) is 0 Å². The molecule has 2 aromatic rings. The van der Waals surface area contributed by atoms with Crippen LogP contribution in [0.1, 0.15) is 44.7 Å². The second kappa shape index (κ2) is 10.3. The summed E-state index contributed by atoms with van der Waals surface area (Å²) in [5, 5.41) is 0. The molecule has 1 aliphatic heterocycles. The predicted octanol–water partition coefficient (Wildman–Crippen LogP) is 5.91. The third kappa shape index (κ3) is 5.67. The van der Waals surface area contributed by atoms with E-state index in [1.165, 1.54) is 22.0 Å². The molecule has 1 heterocycles. The maximum atomic E-state index is 6.31. The van der Waals surface area contributed by atoms with Crippen LogP contribution >= 0.6 is 22.5 Å². The fourth-order valence-electron chi connectivity index (χ4n) is 3.73. The summed E-state index contributed by atoms with van der Waals surface area (Å²) in [4.78, 5) is 3.48. The van der Waals surface area contributed by atoms with Crippen LogP contribution in [-0.2, 0) is 15.1 Å². The van der Waals surface area contributed by atoms with E-state index >= 15 is 0 Å². The number of ether oxygens (including phenoxy) is 3. The molecule has 0 aromatic heterocycles. The molecule has 0 radical (unpaired) electrons. The monoisotopic (exact) mass is 447 g/mol. The Morgan fingerprint density at radius 2 is 1.93 bits per heavy atom. The number of rotatable bonds is 8. The molecule has 0 aliphatic carbocycles. The number of anilines is 1. The first-order chi connectivity index (χ1) is 14.3. The highest BCUT2D eigenvalue weighted by Crippen LogP contribution is 2.32. The van der Waals surface area contributed by atoms with Gasteiger partial charge in [0.2, 0.25) is 0 Å². The Balaban J connectivity index is 1.63. The van der Waals surface area contributed by atoms with Crippen LogP contribution in [0.4, 0.5) is 5.69 Å². The van der Waals surface area contributed by atoms with Gasteiger partial charge in [-0.3, -0.25) is 0 Å². The van der Waals surface area contributed by atoms with Crippen molar-refractivity contribution >= 4 is 28.1 Å². The van der Waals surface area contributed by atoms with Crippen molar-refractivity contribution in [2.45, 2.75) is 50.2 Å². The molecule has 164 valence electrons. The van der Waals surface area contributed by atoms with Crippen molar-refractivity contribution in [2.24, 2.45) is 0 Å². The fraction of sp³-hybridized carbons (Fsp3) is 0.500. The average Bonchev–Trinajstić information content (AvgIpc) is 2.77. The smallest absolute Gasteiger partial charge is 0.124 e. The van der Waals surface area contributed by atoms with Crippen LogP contribution in [0.5, 0.6) is 5.75 Å². The van der Waals surface area contributed by atoms with Gasteiger partial charge in [-0.2, -0.15) is 0 Å². The van der Waals surface area contributed by atoms with Gasteiger partial charge in [-0.05, 0) is 49.1 Å². The molecule has 6 heteroatoms. The number of thiol groups is 1. The van der Waals surface area contributed by atoms with E-state index in [9.17, 15) is 0 Å². The third-order valence-electron chi connectivity index (χ3n) is 5.63. The Hall–Kier alpha value is -1.34. The van der Waals surface area contributed by atoms with Crippen LogP contribution in [0.15, 0.2) is 47.4 Å². The Bertz CT molecular complexity index is 824. The predicted molar refractivity (Wildman–Crippen MR) is 129 cm³/mol. The highest BCUT2D eigenvalue weighted by Gasteiger charge is 2.27. The van der Waals surface area contributed by atoms with Gasteiger partial charge in [-0.25, -0.2) is 0 Å². The lowest BCUT2D eigenvalue weighted by atomic mass is 9.98. The first kappa shape index (κ1) is 23.3. The minimum Gasteiger partial charge on any atom is -0.496 e. The lowest BCUT2D eigenvalue weighted by molar-refractivity contribution is -0.0868. The van der Waals surface area contributed by atoms with Crippen molar-refractivity contribution in [3.8, 4) is 5.75 Å². The Morgan fingerprint density at radius 3 is 2.57 bits per heavy atom. The number of hydrogen-bond acceptors (Lipinski definition) is 6. The molecule has 1 atom stereocenters. The van der Waals surface area contributed by atoms with Crippen LogP contribution < -0.4 is 9.64 Å². The van der Waals surface area contributed by atoms with E-state index in [0.717, 1.165) is 29.3 Å². The Morgan fingerprint density at radius 1 is 1.20 bits per heavy atom. The summed E-state index contributed by atoms with van der Waals surface area (Å²) in [6.45, 7) is 11.5. The highest BCUT2D eigenvalue weighted by atomic mass is 33.1. The zero-order chi connectivity index (χ0) is 21.7. The SMILES string of the molecule is COc1cc(N2CCOC(COC(C)(C)c3ccc(SS)cc3)C2)ccc1C(C)C. The molecule has 30 heavy (non-hydrogen) atoms. The fourth-order valence-corrected chi connectivity index (χ4v) is 4.35. The number of morpholine rings is 1. The summed E-state index contributed by atoms with van der Waals surface area (Å²) < 4.78 is 17.9. The first-order valence-corrected chi connectivity index (χ1v) is 12.3. The minimum atomic E-state index is -0.381. The van der Waals surface area contributed by atoms with Crippen molar-refractivity contribution in [1.29, 1.82) is 0 Å². The summed E-state index contributed by atoms with van der Waals surface area (Å²) >= 11 is 4.25. The summed E-state index contributed by atoms with van der Waals surface area (Å²) in [5.41, 5.74) is 3.17. The Labute approximate surface area is 190 Å². The molecule has 0 bridgehead atoms. The maximum Gasteiger partial charge on any atom is 0.124 e. The molecule has 1 fully saturated rings. The van der Waals surface area contributed by atoms with Crippen molar-refractivity contribution < 1.29 is 14.2 Å². The van der Waals surface area contributed by atoms with Gasteiger partial charge in [-0.15, -0.1) is 11.7 Å². The zero-order valence-electron chi connectivity index (χ0n) is 18.6. The van der Waals surface area contributed by atoms with E-state index in [-0.39, 0.29) is 11.7 Å². The zero-order valence-corrected chi connectivity index (χ0v) is 20.3. The van der Waals surface area contributed by atoms with Gasteiger partial charge in [0, 0.05) is 29.7 Å². The topological polar surface area (TPSA) is 30.9 Å². The number of hydrogen-bond donors (Lipinski definition) is 1. The molecule has 1 saturated heterocycles. The number of nitrogens with zero attached hydrogens (tertiary/aromatic N) is 1. The van der Waals surface area contributed by atoms with E-state index in [0.29, 0.717) is 19.1 Å². The largest absolute Gasteiger partial charge is 0.496 e. The summed E-state index contributed by atoms with van der Waals surface area (Å²) in [6.07, 6.45) is 0.0288. The molecule has 4 nitrogen and oxygen atoms in total. The van der Waals surface area contributed by atoms with Crippen molar-refractivity contribution in [2.75, 3.05) is 38.3 Å². The molecule has 2 aromatic carbocycles. The lowest BCUT2D eigenvalue weighted by Gasteiger charge is -2.36. The molecule has 3 rings (SSSR count). The quantitative estimate of drug-likeness (QED) is 0.401. The second-order valence-electron chi connectivity index (χ2n) is 8.46. The molecule has 0 saturated carbocycles. The normalized spacial score (nSPS) is 17.4. The molecule has 0 amide bonds. The van der Waals surface area contributed by atoms with Crippen molar-refractivity contribution in [3.05, 3.63) is 53.6 Å². The molecule has 1 aliphatic rings. The molecule has 1 unspecified atom stereocenters. The first-order valence-electron chi connectivity index (χ1n) is 10.4. The Kier molecular flexibility index (Phi) is 8.02. The maximum absolute atomic E-state index is 6.31. The van der Waals surface area contributed by atoms with Gasteiger partial charge < -0.3 is 19.1 Å². The van der Waals surface area contributed by atoms with E-state index in [1.54, 1.807) is 7.11 Å². The van der Waals surface area contributed by atoms with Gasteiger partial charge in [0.25, 0.3) is 0 Å². The highest BCUT2D eigenvalue weighted by molar-refractivity contribution is 8.68. The summed E-state index contributed by atoms with van der Waals surface area (Å²) in [6, 6.07) is 14.9. The summed E-state index contributed by atoms with van der Waals surface area (Å²) in [5.74, 6) is 1.38. The van der Waals surface area contributed by atoms with Gasteiger partial charge in [0.05, 0.1) is 32.0 Å². The van der Waals surface area contributed by atoms with Crippen LogP contribution in [0.2, 0.25) is 0 Å². The van der Waals surface area contributed by atoms with E-state index in [1.807, 2.05) is 0 Å². The van der Waals surface area contributed by atoms with Gasteiger partial charge in [0.15, 0.2) is 0 Å². The lowest BCUT2D eigenvalue weighted by Crippen LogP contribution is -2.45. The molecular weight excluding hydrogens is 414 g/mol. The average molecular weight is 448 g/mol. The standard InChI is InChI=1S/C24H33NO3S2/c1-17(2)22-11-8-19(14-23(22)26-5)25-12-13-27-20(15-25)16-28-24(3,4)18-6-9-21(30-29)10-7-18/h6-11,14,17,20,29H,12-13,15-16H2,1-5H3. The van der Waals surface area contributed by atoms with Crippen molar-refractivity contribution in [3.63, 3.8) is 0 Å². The van der Waals surface area contributed by atoms with Gasteiger partial charge in [0.1, 0.15) is 5.75 Å². The van der Waals surface area contributed by atoms with Gasteiger partial charge in [-0.1, -0.05) is 42.8 Å². The third-order valence-corrected chi connectivity index (χ3v) is 6.74. The number of methoxy groups -OCH3 is 1. The van der Waals surface area contributed by atoms with Gasteiger partial charge >= 0.3 is 0 Å². The summed E-state index contributed by atoms with van der Waals surface area (Å²) in [7, 11) is 3.19. The van der Waals surface area contributed by atoms with Crippen LogP contribution in [-0.4, -0.2) is 39.5 Å². The van der Waals surface area contributed by atoms with E-state index in [4.69, 9.17) is 14.2 Å². The minimum absolute atomic E-state index is 0.0288. The second-order valence-corrected chi connectivity index (χ2v) is 9.66. The van der Waals surface area contributed by atoms with E-state index < -0.39 is 0 Å². The molecule has 0 N–H and O–H groups in total. The molecule has 0 spiro atoms. The number of benzene rings is 2.